The minimum atomic E-state index is -0.406. The van der Waals surface area contributed by atoms with Crippen LogP contribution in [0.2, 0.25) is 0 Å². The van der Waals surface area contributed by atoms with E-state index in [0.717, 1.165) is 48.8 Å². The Labute approximate surface area is 219 Å². The third kappa shape index (κ3) is 7.29. The molecule has 200 valence electrons. The molecule has 1 N–H and O–H groups in total. The van der Waals surface area contributed by atoms with Gasteiger partial charge < -0.3 is 14.6 Å². The normalized spacial score (nSPS) is 18.9. The van der Waals surface area contributed by atoms with Crippen molar-refractivity contribution >= 4 is 30.0 Å². The predicted molar refractivity (Wildman–Crippen MR) is 152 cm³/mol. The fraction of sp³-hybridized carbons (Fsp3) is 0.690. The highest BCUT2D eigenvalue weighted by atomic mass is 16.7. The van der Waals surface area contributed by atoms with Crippen LogP contribution >= 0.6 is 0 Å². The molecule has 1 heterocycles. The first kappa shape index (κ1) is 30.2. The molecule has 1 fully saturated rings. The first-order chi connectivity index (χ1) is 16.7. The second-order valence-corrected chi connectivity index (χ2v) is 11.9. The number of amidine groups is 1. The van der Waals surface area contributed by atoms with Gasteiger partial charge in [0.05, 0.1) is 17.2 Å². The molecular weight excluding hydrogens is 449 g/mol. The molecule has 36 heavy (non-hydrogen) atoms. The number of benzene rings is 1. The first-order valence-corrected chi connectivity index (χ1v) is 13.5. The number of aliphatic imine (C=N–C) groups is 2. The highest BCUT2D eigenvalue weighted by Gasteiger charge is 2.51. The summed E-state index contributed by atoms with van der Waals surface area (Å²) in [6, 6.07) is 6.26. The molecule has 1 aromatic carbocycles. The maximum Gasteiger partial charge on any atom is 0.494 e. The lowest BCUT2D eigenvalue weighted by Crippen LogP contribution is -2.41. The first-order valence-electron chi connectivity index (χ1n) is 13.5. The molecular formula is C29H48BN3O3. The number of hydrogen-bond donors (Lipinski definition) is 1. The van der Waals surface area contributed by atoms with Crippen LogP contribution in [0.5, 0.6) is 0 Å². The lowest BCUT2D eigenvalue weighted by Gasteiger charge is -2.32. The SMILES string of the molecule is CCCCCC(NC(=O)C(=N/C)/N=C(\C)C(C)(C)C)c1ccc(B2OC(C)(C)C(C)(C)O2)cc1CC. The number of carbonyl (C=O) groups excluding carboxylic acids is 1. The fourth-order valence-electron chi connectivity index (χ4n) is 4.05. The summed E-state index contributed by atoms with van der Waals surface area (Å²) in [6.45, 7) is 20.8. The van der Waals surface area contributed by atoms with Gasteiger partial charge in [0, 0.05) is 18.2 Å². The second-order valence-electron chi connectivity index (χ2n) is 11.9. The summed E-state index contributed by atoms with van der Waals surface area (Å²) < 4.78 is 12.6. The maximum atomic E-state index is 13.3. The van der Waals surface area contributed by atoms with Gasteiger partial charge in [-0.25, -0.2) is 4.99 Å². The van der Waals surface area contributed by atoms with E-state index in [9.17, 15) is 4.79 Å². The van der Waals surface area contributed by atoms with Crippen molar-refractivity contribution in [3.05, 3.63) is 29.3 Å². The number of unbranched alkanes of at least 4 members (excludes halogenated alkanes) is 2. The van der Waals surface area contributed by atoms with Crippen LogP contribution in [0.15, 0.2) is 28.2 Å². The number of carbonyl (C=O) groups is 1. The monoisotopic (exact) mass is 497 g/mol. The summed E-state index contributed by atoms with van der Waals surface area (Å²) >= 11 is 0. The molecule has 0 radical (unpaired) electrons. The van der Waals surface area contributed by atoms with Gasteiger partial charge in [0.1, 0.15) is 0 Å². The van der Waals surface area contributed by atoms with E-state index in [-0.39, 0.29) is 34.4 Å². The van der Waals surface area contributed by atoms with Gasteiger partial charge in [0.25, 0.3) is 5.91 Å². The number of nitrogens with zero attached hydrogens (tertiary/aromatic N) is 2. The average molecular weight is 498 g/mol. The molecule has 2 rings (SSSR count). The summed E-state index contributed by atoms with van der Waals surface area (Å²) in [5.41, 5.74) is 3.30. The van der Waals surface area contributed by atoms with Crippen LogP contribution in [0.3, 0.4) is 0 Å². The van der Waals surface area contributed by atoms with Crippen LogP contribution in [-0.2, 0) is 20.5 Å². The minimum Gasteiger partial charge on any atom is -0.399 e. The van der Waals surface area contributed by atoms with E-state index < -0.39 is 7.12 Å². The molecule has 1 atom stereocenters. The Bertz CT molecular complexity index is 960. The Morgan fingerprint density at radius 2 is 1.69 bits per heavy atom. The van der Waals surface area contributed by atoms with Gasteiger partial charge in [0.2, 0.25) is 5.84 Å². The van der Waals surface area contributed by atoms with Gasteiger partial charge in [-0.1, -0.05) is 72.1 Å². The predicted octanol–water partition coefficient (Wildman–Crippen LogP) is 5.82. The van der Waals surface area contributed by atoms with E-state index in [1.165, 1.54) is 5.56 Å². The van der Waals surface area contributed by atoms with E-state index in [1.54, 1.807) is 7.05 Å². The lowest BCUT2D eigenvalue weighted by atomic mass is 9.76. The van der Waals surface area contributed by atoms with Crippen LogP contribution in [0.25, 0.3) is 0 Å². The zero-order valence-electron chi connectivity index (χ0n) is 24.5. The number of nitrogens with one attached hydrogen (secondary N) is 1. The van der Waals surface area contributed by atoms with Gasteiger partial charge in [-0.3, -0.25) is 9.79 Å². The third-order valence-electron chi connectivity index (χ3n) is 7.62. The zero-order chi connectivity index (χ0) is 27.3. The fourth-order valence-corrected chi connectivity index (χ4v) is 4.05. The van der Waals surface area contributed by atoms with E-state index >= 15 is 0 Å². The number of rotatable bonds is 8. The number of hydrogen-bond acceptors (Lipinski definition) is 4. The van der Waals surface area contributed by atoms with Crippen molar-refractivity contribution in [3.63, 3.8) is 0 Å². The zero-order valence-corrected chi connectivity index (χ0v) is 24.5. The maximum absolute atomic E-state index is 13.3. The highest BCUT2D eigenvalue weighted by Crippen LogP contribution is 2.36. The van der Waals surface area contributed by atoms with E-state index in [1.807, 2.05) is 6.92 Å². The molecule has 0 aliphatic carbocycles. The molecule has 7 heteroatoms. The highest BCUT2D eigenvalue weighted by molar-refractivity contribution is 6.62. The summed E-state index contributed by atoms with van der Waals surface area (Å²) in [6.07, 6.45) is 4.99. The van der Waals surface area contributed by atoms with Crippen molar-refractivity contribution in [2.45, 2.75) is 119 Å². The summed E-state index contributed by atoms with van der Waals surface area (Å²) in [5, 5.41) is 3.25. The van der Waals surface area contributed by atoms with Crippen molar-refractivity contribution in [1.29, 1.82) is 0 Å². The Morgan fingerprint density at radius 3 is 2.19 bits per heavy atom. The van der Waals surface area contributed by atoms with Crippen LogP contribution in [0, 0.1) is 5.41 Å². The summed E-state index contributed by atoms with van der Waals surface area (Å²) in [5.74, 6) is -0.0190. The molecule has 0 saturated carbocycles. The van der Waals surface area contributed by atoms with Crippen molar-refractivity contribution in [2.24, 2.45) is 15.4 Å². The second kappa shape index (κ2) is 12.0. The van der Waals surface area contributed by atoms with Gasteiger partial charge >= 0.3 is 7.12 Å². The average Bonchev–Trinajstić information content (AvgIpc) is 3.02. The van der Waals surface area contributed by atoms with Gasteiger partial charge in [0.15, 0.2) is 0 Å². The van der Waals surface area contributed by atoms with Crippen LogP contribution in [0.1, 0.15) is 112 Å². The molecule has 1 amide bonds. The van der Waals surface area contributed by atoms with E-state index in [0.29, 0.717) is 0 Å². The van der Waals surface area contributed by atoms with E-state index in [4.69, 9.17) is 9.31 Å². The molecule has 1 saturated heterocycles. The summed E-state index contributed by atoms with van der Waals surface area (Å²) in [7, 11) is 1.22. The van der Waals surface area contributed by atoms with E-state index in [2.05, 4.69) is 95.8 Å². The van der Waals surface area contributed by atoms with Crippen LogP contribution in [0.4, 0.5) is 0 Å². The van der Waals surface area contributed by atoms with Crippen molar-refractivity contribution < 1.29 is 14.1 Å². The number of aryl methyl sites for hydroxylation is 1. The van der Waals surface area contributed by atoms with Crippen molar-refractivity contribution in [3.8, 4) is 0 Å². The Morgan fingerprint density at radius 1 is 1.08 bits per heavy atom. The minimum absolute atomic E-state index is 0.117. The Kier molecular flexibility index (Phi) is 10.1. The van der Waals surface area contributed by atoms with Gasteiger partial charge in [-0.2, -0.15) is 0 Å². The van der Waals surface area contributed by atoms with Crippen LogP contribution in [-0.4, -0.2) is 42.8 Å². The smallest absolute Gasteiger partial charge is 0.399 e. The molecule has 1 aromatic rings. The van der Waals surface area contributed by atoms with Crippen molar-refractivity contribution in [2.75, 3.05) is 7.05 Å². The number of amides is 1. The molecule has 1 aliphatic rings. The van der Waals surface area contributed by atoms with Gasteiger partial charge in [-0.15, -0.1) is 0 Å². The Hall–Kier alpha value is -1.99. The third-order valence-corrected chi connectivity index (χ3v) is 7.62. The lowest BCUT2D eigenvalue weighted by molar-refractivity contribution is -0.115. The topological polar surface area (TPSA) is 72.3 Å². The molecule has 1 unspecified atom stereocenters. The molecule has 0 spiro atoms. The molecule has 1 aliphatic heterocycles. The molecule has 6 nitrogen and oxygen atoms in total. The van der Waals surface area contributed by atoms with Gasteiger partial charge in [-0.05, 0) is 64.1 Å². The largest absolute Gasteiger partial charge is 0.494 e. The molecule has 0 bridgehead atoms. The summed E-state index contributed by atoms with van der Waals surface area (Å²) in [4.78, 5) is 22.1. The van der Waals surface area contributed by atoms with Crippen molar-refractivity contribution in [1.82, 2.24) is 5.32 Å². The Balaban J connectivity index is 2.36. The standard InChI is InChI=1S/C29H48BN3O3/c1-12-14-15-16-24(33-26(34)25(31-11)32-20(3)27(4,5)6)23-18-17-22(19-21(23)13-2)30-35-28(7,8)29(9,10)36-30/h17-19,24H,12-16H2,1-11H3,(H,33,34)/b31-25-,32-20+. The molecule has 0 aromatic heterocycles. The van der Waals surface area contributed by atoms with Crippen LogP contribution < -0.4 is 10.8 Å². The quantitative estimate of drug-likeness (QED) is 0.213.